The lowest BCUT2D eigenvalue weighted by atomic mass is 9.43. The van der Waals surface area contributed by atoms with Crippen LogP contribution in [0.1, 0.15) is 65.9 Å². The summed E-state index contributed by atoms with van der Waals surface area (Å²) in [7, 11) is 0. The van der Waals surface area contributed by atoms with E-state index in [4.69, 9.17) is 18.6 Å². The van der Waals surface area contributed by atoms with Crippen LogP contribution in [0.2, 0.25) is 0 Å². The minimum Gasteiger partial charge on any atom is -0.487 e. The molecule has 5 rings (SSSR count). The van der Waals surface area contributed by atoms with Crippen molar-refractivity contribution in [1.29, 1.82) is 0 Å². The van der Waals surface area contributed by atoms with Gasteiger partial charge in [0.25, 0.3) is 0 Å². The summed E-state index contributed by atoms with van der Waals surface area (Å²) in [6, 6.07) is 5.46. The molecule has 2 aromatic heterocycles. The monoisotopic (exact) mass is 509 g/mol. The highest BCUT2D eigenvalue weighted by Crippen LogP contribution is 2.65. The van der Waals surface area contributed by atoms with Crippen molar-refractivity contribution in [2.24, 2.45) is 22.7 Å². The van der Waals surface area contributed by atoms with Crippen molar-refractivity contribution < 1.29 is 28.2 Å². The zero-order chi connectivity index (χ0) is 26.6. The van der Waals surface area contributed by atoms with Crippen molar-refractivity contribution in [1.82, 2.24) is 4.98 Å². The standard InChI is InChI=1S/C29H35NO7/c1-17(31)34-16-28(4)23-8-11-29(5)24(27(23,3)10-9-25(28)35-18(2)32)13-20-22(37-29)14-21(36-26(20)33)19-7-6-12-30-15-19/h6-7,12,14-15,23-25H,8-11,13,16H2,1-5H3/t23-,24-,25-,27-,28+,29-/m0/s1. The van der Waals surface area contributed by atoms with E-state index in [0.29, 0.717) is 29.9 Å². The van der Waals surface area contributed by atoms with Gasteiger partial charge in [0.1, 0.15) is 29.8 Å². The first-order chi connectivity index (χ1) is 17.5. The highest BCUT2D eigenvalue weighted by molar-refractivity contribution is 5.67. The molecule has 198 valence electrons. The number of pyridine rings is 1. The molecule has 3 aliphatic rings. The average molecular weight is 510 g/mol. The lowest BCUT2D eigenvalue weighted by Gasteiger charge is -2.64. The van der Waals surface area contributed by atoms with Crippen LogP contribution in [-0.2, 0) is 25.5 Å². The van der Waals surface area contributed by atoms with E-state index in [1.54, 1.807) is 18.5 Å². The predicted molar refractivity (Wildman–Crippen MR) is 135 cm³/mol. The van der Waals surface area contributed by atoms with Crippen molar-refractivity contribution in [3.05, 3.63) is 46.6 Å². The van der Waals surface area contributed by atoms with Gasteiger partial charge < -0.3 is 18.6 Å². The molecule has 0 N–H and O–H groups in total. The zero-order valence-corrected chi connectivity index (χ0v) is 22.2. The maximum absolute atomic E-state index is 13.2. The fourth-order valence-electron chi connectivity index (χ4n) is 7.60. The average Bonchev–Trinajstić information content (AvgIpc) is 2.84. The van der Waals surface area contributed by atoms with Gasteiger partial charge in [0, 0.05) is 49.2 Å². The third kappa shape index (κ3) is 4.24. The van der Waals surface area contributed by atoms with Gasteiger partial charge in [-0.05, 0) is 62.5 Å². The van der Waals surface area contributed by atoms with Gasteiger partial charge in [0.15, 0.2) is 0 Å². The van der Waals surface area contributed by atoms with Crippen LogP contribution in [0.15, 0.2) is 39.8 Å². The van der Waals surface area contributed by atoms with E-state index in [0.717, 1.165) is 24.8 Å². The summed E-state index contributed by atoms with van der Waals surface area (Å²) in [6.45, 7) is 9.47. The fraction of sp³-hybridized carbons (Fsp3) is 0.586. The molecule has 0 spiro atoms. The topological polar surface area (TPSA) is 105 Å². The van der Waals surface area contributed by atoms with Crippen LogP contribution in [-0.4, -0.2) is 35.2 Å². The lowest BCUT2D eigenvalue weighted by Crippen LogP contribution is -2.65. The Hall–Kier alpha value is -3.16. The Balaban J connectivity index is 1.53. The first kappa shape index (κ1) is 25.5. The van der Waals surface area contributed by atoms with Crippen LogP contribution in [0.5, 0.6) is 5.75 Å². The molecule has 2 aromatic rings. The van der Waals surface area contributed by atoms with Crippen molar-refractivity contribution in [2.45, 2.75) is 78.4 Å². The summed E-state index contributed by atoms with van der Waals surface area (Å²) in [5.41, 5.74) is -0.375. The maximum Gasteiger partial charge on any atom is 0.343 e. The smallest absolute Gasteiger partial charge is 0.343 e. The molecule has 0 saturated heterocycles. The van der Waals surface area contributed by atoms with Gasteiger partial charge in [-0.1, -0.05) is 13.8 Å². The molecule has 2 fully saturated rings. The Morgan fingerprint density at radius 1 is 1.11 bits per heavy atom. The van der Waals surface area contributed by atoms with Crippen LogP contribution < -0.4 is 10.4 Å². The number of carbonyl (C=O) groups is 2. The van der Waals surface area contributed by atoms with Gasteiger partial charge in [-0.3, -0.25) is 14.6 Å². The van der Waals surface area contributed by atoms with Gasteiger partial charge in [0.05, 0.1) is 5.56 Å². The van der Waals surface area contributed by atoms with Crippen molar-refractivity contribution >= 4 is 11.9 Å². The van der Waals surface area contributed by atoms with Gasteiger partial charge in [-0.2, -0.15) is 0 Å². The second kappa shape index (κ2) is 8.99. The van der Waals surface area contributed by atoms with Crippen molar-refractivity contribution in [2.75, 3.05) is 6.61 Å². The molecule has 0 aromatic carbocycles. The molecule has 6 atom stereocenters. The van der Waals surface area contributed by atoms with Crippen LogP contribution in [0.4, 0.5) is 0 Å². The number of hydrogen-bond donors (Lipinski definition) is 0. The molecule has 2 saturated carbocycles. The Morgan fingerprint density at radius 2 is 1.89 bits per heavy atom. The van der Waals surface area contributed by atoms with E-state index in [2.05, 4.69) is 25.8 Å². The SMILES string of the molecule is CC(=O)OC[C@]1(C)[C@H]2CC[C@]3(C)Oc4cc(-c5cccnc5)oc(=O)c4C[C@H]3[C@@]2(C)CC[C@@H]1OC(C)=O. The first-order valence-corrected chi connectivity index (χ1v) is 13.0. The predicted octanol–water partition coefficient (Wildman–Crippen LogP) is 4.72. The largest absolute Gasteiger partial charge is 0.487 e. The Bertz CT molecular complexity index is 1270. The molecule has 0 unspecified atom stereocenters. The molecule has 0 amide bonds. The second-order valence-electron chi connectivity index (χ2n) is 11.7. The van der Waals surface area contributed by atoms with Crippen molar-refractivity contribution in [3.63, 3.8) is 0 Å². The highest BCUT2D eigenvalue weighted by Gasteiger charge is 2.65. The number of ether oxygens (including phenoxy) is 3. The number of esters is 2. The van der Waals surface area contributed by atoms with E-state index in [9.17, 15) is 14.4 Å². The summed E-state index contributed by atoms with van der Waals surface area (Å²) in [4.78, 5) is 41.1. The van der Waals surface area contributed by atoms with E-state index < -0.39 is 11.0 Å². The normalized spacial score (nSPS) is 34.2. The van der Waals surface area contributed by atoms with E-state index in [1.807, 2.05) is 12.1 Å². The Kier molecular flexibility index (Phi) is 6.20. The first-order valence-electron chi connectivity index (χ1n) is 13.0. The number of hydrogen-bond acceptors (Lipinski definition) is 8. The zero-order valence-electron chi connectivity index (χ0n) is 22.2. The van der Waals surface area contributed by atoms with Crippen molar-refractivity contribution in [3.8, 4) is 17.1 Å². The molecule has 1 aliphatic heterocycles. The third-order valence-electron chi connectivity index (χ3n) is 9.34. The number of nitrogens with zero attached hydrogens (tertiary/aromatic N) is 1. The number of carbonyl (C=O) groups excluding carboxylic acids is 2. The molecule has 8 heteroatoms. The lowest BCUT2D eigenvalue weighted by molar-refractivity contribution is -0.219. The molecule has 0 radical (unpaired) electrons. The van der Waals surface area contributed by atoms with Crippen LogP contribution in [0, 0.1) is 22.7 Å². The maximum atomic E-state index is 13.2. The van der Waals surface area contributed by atoms with Gasteiger partial charge >= 0.3 is 17.6 Å². The summed E-state index contributed by atoms with van der Waals surface area (Å²) in [5, 5.41) is 0. The molecular weight excluding hydrogens is 474 g/mol. The minimum absolute atomic E-state index is 0.0355. The van der Waals surface area contributed by atoms with Crippen LogP contribution in [0.3, 0.4) is 0 Å². The van der Waals surface area contributed by atoms with Crippen LogP contribution in [0.25, 0.3) is 11.3 Å². The minimum atomic E-state index is -0.555. The van der Waals surface area contributed by atoms with E-state index >= 15 is 0 Å². The molecule has 37 heavy (non-hydrogen) atoms. The quantitative estimate of drug-likeness (QED) is 0.545. The summed E-state index contributed by atoms with van der Waals surface area (Å²) in [5.74, 6) is 0.463. The van der Waals surface area contributed by atoms with Gasteiger partial charge in [-0.15, -0.1) is 0 Å². The number of aromatic nitrogens is 1. The molecule has 2 aliphatic carbocycles. The summed E-state index contributed by atoms with van der Waals surface area (Å²) >= 11 is 0. The molecule has 0 bridgehead atoms. The van der Waals surface area contributed by atoms with E-state index in [-0.39, 0.29) is 47.5 Å². The second-order valence-corrected chi connectivity index (χ2v) is 11.7. The molecule has 8 nitrogen and oxygen atoms in total. The number of fused-ring (bicyclic) bond motifs is 4. The van der Waals surface area contributed by atoms with Gasteiger partial charge in [0.2, 0.25) is 0 Å². The molecule has 3 heterocycles. The summed E-state index contributed by atoms with van der Waals surface area (Å²) in [6.07, 6.45) is 6.57. The fourth-order valence-corrected chi connectivity index (χ4v) is 7.60. The molecular formula is C29H35NO7. The number of rotatable bonds is 4. The van der Waals surface area contributed by atoms with Gasteiger partial charge in [-0.25, -0.2) is 4.79 Å². The third-order valence-corrected chi connectivity index (χ3v) is 9.34. The van der Waals surface area contributed by atoms with E-state index in [1.165, 1.54) is 13.8 Å². The Labute approximate surface area is 216 Å². The summed E-state index contributed by atoms with van der Waals surface area (Å²) < 4.78 is 23.8. The Morgan fingerprint density at radius 3 is 2.57 bits per heavy atom. The van der Waals surface area contributed by atoms with Crippen LogP contribution >= 0.6 is 0 Å². The highest BCUT2D eigenvalue weighted by atomic mass is 16.6.